The summed E-state index contributed by atoms with van der Waals surface area (Å²) in [5, 5.41) is 0. The van der Waals surface area contributed by atoms with Gasteiger partial charge in [-0.25, -0.2) is 4.79 Å². The topological polar surface area (TPSA) is 66.2 Å². The molecule has 0 saturated heterocycles. The second-order valence-electron chi connectivity index (χ2n) is 8.27. The summed E-state index contributed by atoms with van der Waals surface area (Å²) in [6.07, 6.45) is 0. The van der Waals surface area contributed by atoms with Crippen molar-refractivity contribution < 1.29 is 0 Å². The van der Waals surface area contributed by atoms with Crippen LogP contribution in [0.15, 0.2) is 70.3 Å². The molecule has 7 heteroatoms. The van der Waals surface area contributed by atoms with E-state index < -0.39 is 0 Å². The Morgan fingerprint density at radius 1 is 0.906 bits per heavy atom. The van der Waals surface area contributed by atoms with E-state index in [1.165, 1.54) is 9.13 Å². The average molecular weight is 428 g/mol. The number of fused-ring (bicyclic) bond motifs is 3. The molecule has 5 aromatic rings. The van der Waals surface area contributed by atoms with Gasteiger partial charge in [0.25, 0.3) is 5.56 Å². The molecule has 0 amide bonds. The number of benzene rings is 2. The highest BCUT2D eigenvalue weighted by atomic mass is 16.2. The quantitative estimate of drug-likeness (QED) is 0.441. The van der Waals surface area contributed by atoms with Gasteiger partial charge in [-0.15, -0.1) is 0 Å². The lowest BCUT2D eigenvalue weighted by Gasteiger charge is -2.16. The number of nitrogens with zero attached hydrogens (tertiary/aromatic N) is 5. The van der Waals surface area contributed by atoms with Crippen LogP contribution in [-0.4, -0.2) is 23.1 Å². The highest BCUT2D eigenvalue weighted by Gasteiger charge is 2.24. The molecule has 1 unspecified atom stereocenters. The molecule has 32 heavy (non-hydrogen) atoms. The fraction of sp³-hybridized carbons (Fsp3) is 0.240. The normalized spacial score (nSPS) is 12.6. The minimum atomic E-state index is -0.371. The van der Waals surface area contributed by atoms with Gasteiger partial charge < -0.3 is 4.57 Å². The van der Waals surface area contributed by atoms with Gasteiger partial charge in [0.05, 0.1) is 12.6 Å². The first kappa shape index (κ1) is 20.1. The van der Waals surface area contributed by atoms with Crippen LogP contribution in [0.25, 0.3) is 16.9 Å². The van der Waals surface area contributed by atoms with Crippen LogP contribution in [0.1, 0.15) is 35.5 Å². The molecule has 7 nitrogen and oxygen atoms in total. The molecule has 2 aromatic carbocycles. The summed E-state index contributed by atoms with van der Waals surface area (Å²) in [5.41, 5.74) is 4.15. The Kier molecular flexibility index (Phi) is 4.62. The number of hydrogen-bond donors (Lipinski definition) is 0. The molecule has 1 atom stereocenters. The lowest BCUT2D eigenvalue weighted by atomic mass is 10.1. The lowest BCUT2D eigenvalue weighted by molar-refractivity contribution is 0.637. The number of rotatable bonds is 4. The molecule has 0 radical (unpaired) electrons. The third-order valence-electron chi connectivity index (χ3n) is 6.41. The maximum absolute atomic E-state index is 13.6. The van der Waals surface area contributed by atoms with E-state index in [9.17, 15) is 9.59 Å². The standard InChI is InChI=1S/C25H25N5O2/c1-16-17(2)30-21-22(26-24(30)29(16)18(3)20-13-9-6-10-14-20)27(4)25(32)28(23(21)31)15-19-11-7-5-8-12-19/h5-14,18H,15H2,1-4H3. The van der Waals surface area contributed by atoms with E-state index >= 15 is 0 Å². The van der Waals surface area contributed by atoms with Crippen LogP contribution in [0.2, 0.25) is 0 Å². The van der Waals surface area contributed by atoms with Crippen molar-refractivity contribution in [1.82, 2.24) is 23.1 Å². The van der Waals surface area contributed by atoms with Crippen LogP contribution in [0.3, 0.4) is 0 Å². The molecule has 0 fully saturated rings. The molecule has 0 N–H and O–H groups in total. The van der Waals surface area contributed by atoms with E-state index in [4.69, 9.17) is 4.98 Å². The molecule has 0 bridgehead atoms. The minimum Gasteiger partial charge on any atom is -0.307 e. The van der Waals surface area contributed by atoms with Gasteiger partial charge in [0.15, 0.2) is 11.2 Å². The summed E-state index contributed by atoms with van der Waals surface area (Å²) in [7, 11) is 1.67. The predicted octanol–water partition coefficient (Wildman–Crippen LogP) is 3.42. The van der Waals surface area contributed by atoms with Gasteiger partial charge in [0, 0.05) is 18.4 Å². The first-order valence-electron chi connectivity index (χ1n) is 10.7. The molecular weight excluding hydrogens is 402 g/mol. The van der Waals surface area contributed by atoms with E-state index in [1.807, 2.05) is 66.8 Å². The van der Waals surface area contributed by atoms with Crippen LogP contribution in [0, 0.1) is 13.8 Å². The van der Waals surface area contributed by atoms with Crippen LogP contribution in [-0.2, 0) is 13.6 Å². The minimum absolute atomic E-state index is 0.0211. The summed E-state index contributed by atoms with van der Waals surface area (Å²) in [6.45, 7) is 6.37. The SMILES string of the molecule is Cc1c(C)n2c3c(=O)n(Cc4ccccc4)c(=O)n(C)c3nc2n1C(C)c1ccccc1. The first-order chi connectivity index (χ1) is 15.4. The van der Waals surface area contributed by atoms with Gasteiger partial charge in [-0.1, -0.05) is 60.7 Å². The summed E-state index contributed by atoms with van der Waals surface area (Å²) >= 11 is 0. The van der Waals surface area contributed by atoms with Crippen LogP contribution >= 0.6 is 0 Å². The van der Waals surface area contributed by atoms with Crippen molar-refractivity contribution in [2.75, 3.05) is 0 Å². The molecule has 0 spiro atoms. The Morgan fingerprint density at radius 2 is 1.53 bits per heavy atom. The number of hydrogen-bond acceptors (Lipinski definition) is 3. The van der Waals surface area contributed by atoms with E-state index in [-0.39, 0.29) is 23.8 Å². The molecular formula is C25H25N5O2. The van der Waals surface area contributed by atoms with Gasteiger partial charge in [-0.05, 0) is 31.9 Å². The molecule has 0 saturated carbocycles. The molecule has 3 heterocycles. The zero-order valence-electron chi connectivity index (χ0n) is 18.6. The van der Waals surface area contributed by atoms with Crippen molar-refractivity contribution >= 4 is 16.9 Å². The summed E-state index contributed by atoms with van der Waals surface area (Å²) in [6, 6.07) is 19.8. The molecule has 162 valence electrons. The Morgan fingerprint density at radius 3 is 2.19 bits per heavy atom. The third kappa shape index (κ3) is 2.85. The van der Waals surface area contributed by atoms with Crippen molar-refractivity contribution in [3.63, 3.8) is 0 Å². The van der Waals surface area contributed by atoms with Gasteiger partial charge in [0.1, 0.15) is 0 Å². The maximum atomic E-state index is 13.6. The Bertz CT molecular complexity index is 1570. The van der Waals surface area contributed by atoms with Crippen LogP contribution in [0.4, 0.5) is 0 Å². The fourth-order valence-electron chi connectivity index (χ4n) is 4.52. The van der Waals surface area contributed by atoms with Crippen molar-refractivity contribution in [2.45, 2.75) is 33.4 Å². The fourth-order valence-corrected chi connectivity index (χ4v) is 4.52. The summed E-state index contributed by atoms with van der Waals surface area (Å²) < 4.78 is 6.79. The maximum Gasteiger partial charge on any atom is 0.332 e. The van der Waals surface area contributed by atoms with E-state index in [2.05, 4.69) is 23.6 Å². The van der Waals surface area contributed by atoms with Gasteiger partial charge in [-0.3, -0.25) is 18.3 Å². The van der Waals surface area contributed by atoms with E-state index in [1.54, 1.807) is 7.05 Å². The first-order valence-corrected chi connectivity index (χ1v) is 10.7. The van der Waals surface area contributed by atoms with Crippen molar-refractivity contribution in [1.29, 1.82) is 0 Å². The summed E-state index contributed by atoms with van der Waals surface area (Å²) in [4.78, 5) is 31.4. The molecule has 0 aliphatic rings. The summed E-state index contributed by atoms with van der Waals surface area (Å²) in [5.74, 6) is 0.663. The van der Waals surface area contributed by atoms with E-state index in [0.717, 1.165) is 22.5 Å². The van der Waals surface area contributed by atoms with Crippen LogP contribution in [0.5, 0.6) is 0 Å². The average Bonchev–Trinajstić information content (AvgIpc) is 3.31. The Labute approximate surface area is 184 Å². The molecule has 3 aromatic heterocycles. The number of imidazole rings is 2. The van der Waals surface area contributed by atoms with Crippen LogP contribution < -0.4 is 11.2 Å². The molecule has 5 rings (SSSR count). The molecule has 0 aliphatic heterocycles. The number of aromatic nitrogens is 5. The van der Waals surface area contributed by atoms with Gasteiger partial charge >= 0.3 is 5.69 Å². The Balaban J connectivity index is 1.81. The van der Waals surface area contributed by atoms with Gasteiger partial charge in [0.2, 0.25) is 5.78 Å². The molecule has 0 aliphatic carbocycles. The monoisotopic (exact) mass is 427 g/mol. The predicted molar refractivity (Wildman–Crippen MR) is 125 cm³/mol. The van der Waals surface area contributed by atoms with Crippen molar-refractivity contribution in [3.05, 3.63) is 104 Å². The second kappa shape index (κ2) is 7.37. The highest BCUT2D eigenvalue weighted by Crippen LogP contribution is 2.27. The zero-order valence-corrected chi connectivity index (χ0v) is 18.6. The third-order valence-corrected chi connectivity index (χ3v) is 6.41. The van der Waals surface area contributed by atoms with Gasteiger partial charge in [-0.2, -0.15) is 4.98 Å². The van der Waals surface area contributed by atoms with Crippen molar-refractivity contribution in [2.24, 2.45) is 7.05 Å². The Hall–Kier alpha value is -3.87. The van der Waals surface area contributed by atoms with Crippen molar-refractivity contribution in [3.8, 4) is 0 Å². The largest absolute Gasteiger partial charge is 0.332 e. The smallest absolute Gasteiger partial charge is 0.307 e. The lowest BCUT2D eigenvalue weighted by Crippen LogP contribution is -2.39. The highest BCUT2D eigenvalue weighted by molar-refractivity contribution is 5.76. The zero-order chi connectivity index (χ0) is 22.6. The second-order valence-corrected chi connectivity index (χ2v) is 8.27. The van der Waals surface area contributed by atoms with E-state index in [0.29, 0.717) is 16.9 Å². The number of aryl methyl sites for hydroxylation is 2.